The Morgan fingerprint density at radius 2 is 1.40 bits per heavy atom. The number of hydrogen-bond acceptors (Lipinski definition) is 18. The fourth-order valence-electron chi connectivity index (χ4n) is 13.5. The Bertz CT molecular complexity index is 1600. The average molecular weight is 903 g/mol. The SMILES string of the molecule is C[C@H](CC[C@@]1(O)O[C@H]2C[C@H]3[C@@H]4CC=C5C[C@@H](O[C@H]6O[C@H](CO)[C@@H](O)[C@H](O)[C@H]6O[C@@H]6O[C@@H](C)[C@H](O)[C@@H](O)[C@H]6O)CC[C@]5(C)[C@H]4CC[C@]3(C)[C@H]2[C@@H]1C)CO[C@@H]1O[C@H](CO)[C@@H](O)[C@H](O)[C@H]1O. The van der Waals surface area contributed by atoms with Gasteiger partial charge in [0.15, 0.2) is 24.7 Å². The molecule has 0 spiro atoms. The standard InChI is InChI=1S/C45H74O18/c1-19(18-57-40-37(54)35(52)32(49)28(16-46)60-40)8-13-45(56)20(2)30-27(63-45)15-26-24-7-6-22-14-23(9-11-43(22,4)25(24)10-12-44(26,30)5)59-42-39(36(53)33(50)29(17-47)61-42)62-41-38(55)34(51)31(48)21(3)58-41/h6,19-21,23-42,46-56H,7-18H2,1-5H3/t19-,20+,21+,23+,24-,25+,26+,27+,28-,29-,30+,31+,32-,33-,34-,35+,36+,37-,38-,39-,40-,41+,42+,43+,44+,45-/m1/s1. The first-order valence-corrected chi connectivity index (χ1v) is 23.4. The minimum absolute atomic E-state index is 0.0148. The molecule has 18 nitrogen and oxygen atoms in total. The normalized spacial score (nSPS) is 55.0. The molecule has 4 saturated heterocycles. The van der Waals surface area contributed by atoms with Crippen LogP contribution in [0.25, 0.3) is 0 Å². The van der Waals surface area contributed by atoms with Gasteiger partial charge in [-0.25, -0.2) is 0 Å². The van der Waals surface area contributed by atoms with Gasteiger partial charge in [-0.2, -0.15) is 0 Å². The van der Waals surface area contributed by atoms with E-state index in [1.54, 1.807) is 0 Å². The van der Waals surface area contributed by atoms with Gasteiger partial charge in [0.1, 0.15) is 67.1 Å². The molecule has 0 aromatic rings. The lowest BCUT2D eigenvalue weighted by Crippen LogP contribution is -2.64. The Balaban J connectivity index is 0.885. The molecule has 4 aliphatic carbocycles. The van der Waals surface area contributed by atoms with Crippen LogP contribution in [0.15, 0.2) is 11.6 Å². The lowest BCUT2D eigenvalue weighted by Gasteiger charge is -2.58. The van der Waals surface area contributed by atoms with Crippen molar-refractivity contribution in [2.24, 2.45) is 46.3 Å². The molecule has 11 N–H and O–H groups in total. The lowest BCUT2D eigenvalue weighted by atomic mass is 9.47. The number of rotatable bonds is 12. The van der Waals surface area contributed by atoms with Crippen molar-refractivity contribution in [1.29, 1.82) is 0 Å². The monoisotopic (exact) mass is 902 g/mol. The Morgan fingerprint density at radius 1 is 0.746 bits per heavy atom. The van der Waals surface area contributed by atoms with Crippen molar-refractivity contribution in [2.75, 3.05) is 19.8 Å². The van der Waals surface area contributed by atoms with Gasteiger partial charge >= 0.3 is 0 Å². The molecule has 0 unspecified atom stereocenters. The van der Waals surface area contributed by atoms with Crippen molar-refractivity contribution in [3.8, 4) is 0 Å². The Labute approximate surface area is 369 Å². The van der Waals surface area contributed by atoms with E-state index in [1.165, 1.54) is 12.5 Å². The van der Waals surface area contributed by atoms with E-state index in [2.05, 4.69) is 26.8 Å². The van der Waals surface area contributed by atoms with Crippen molar-refractivity contribution in [3.05, 3.63) is 11.6 Å². The first-order chi connectivity index (χ1) is 29.8. The molecule has 362 valence electrons. The first-order valence-electron chi connectivity index (χ1n) is 23.4. The largest absolute Gasteiger partial charge is 0.394 e. The molecule has 0 aromatic carbocycles. The number of ether oxygens (including phenoxy) is 7. The van der Waals surface area contributed by atoms with Crippen molar-refractivity contribution in [3.63, 3.8) is 0 Å². The van der Waals surface area contributed by atoms with Crippen LogP contribution in [0.5, 0.6) is 0 Å². The van der Waals surface area contributed by atoms with Crippen LogP contribution < -0.4 is 0 Å². The third-order valence-corrected chi connectivity index (χ3v) is 17.4. The molecule has 4 aliphatic heterocycles. The highest BCUT2D eigenvalue weighted by Crippen LogP contribution is 2.70. The summed E-state index contributed by atoms with van der Waals surface area (Å²) >= 11 is 0. The highest BCUT2D eigenvalue weighted by molar-refractivity contribution is 5.26. The van der Waals surface area contributed by atoms with E-state index in [1.807, 2.05) is 6.92 Å². The molecule has 4 heterocycles. The summed E-state index contributed by atoms with van der Waals surface area (Å²) < 4.78 is 42.1. The van der Waals surface area contributed by atoms with Gasteiger partial charge in [0.05, 0.1) is 38.1 Å². The van der Waals surface area contributed by atoms with Crippen molar-refractivity contribution >= 4 is 0 Å². The summed E-state index contributed by atoms with van der Waals surface area (Å²) in [6.07, 6.45) is -11.5. The van der Waals surface area contributed by atoms with Gasteiger partial charge in [0.25, 0.3) is 0 Å². The predicted molar refractivity (Wildman–Crippen MR) is 218 cm³/mol. The number of fused-ring (bicyclic) bond motifs is 7. The summed E-state index contributed by atoms with van der Waals surface area (Å²) in [5.74, 6) is 0.0506. The van der Waals surface area contributed by atoms with E-state index in [9.17, 15) is 56.2 Å². The fourth-order valence-corrected chi connectivity index (χ4v) is 13.5. The number of allylic oxidation sites excluding steroid dienone is 1. The van der Waals surface area contributed by atoms with Crippen LogP contribution in [-0.2, 0) is 33.2 Å². The summed E-state index contributed by atoms with van der Waals surface area (Å²) in [5.41, 5.74) is 1.23. The number of aliphatic hydroxyl groups is 11. The summed E-state index contributed by atoms with van der Waals surface area (Å²) in [6, 6.07) is 0. The highest BCUT2D eigenvalue weighted by Gasteiger charge is 2.68. The van der Waals surface area contributed by atoms with Crippen LogP contribution in [0.2, 0.25) is 0 Å². The van der Waals surface area contributed by atoms with Crippen LogP contribution in [0.1, 0.15) is 92.4 Å². The van der Waals surface area contributed by atoms with Gasteiger partial charge in [0, 0.05) is 12.3 Å². The number of aliphatic hydroxyl groups excluding tert-OH is 10. The summed E-state index contributed by atoms with van der Waals surface area (Å²) in [5, 5.41) is 115. The van der Waals surface area contributed by atoms with E-state index < -0.39 is 111 Å². The van der Waals surface area contributed by atoms with Gasteiger partial charge in [-0.15, -0.1) is 0 Å². The summed E-state index contributed by atoms with van der Waals surface area (Å²) in [7, 11) is 0. The van der Waals surface area contributed by atoms with Crippen LogP contribution in [0.3, 0.4) is 0 Å². The van der Waals surface area contributed by atoms with E-state index in [4.69, 9.17) is 33.2 Å². The first kappa shape index (κ1) is 48.5. The van der Waals surface area contributed by atoms with E-state index in [0.717, 1.165) is 32.1 Å². The van der Waals surface area contributed by atoms with Crippen LogP contribution in [0, 0.1) is 46.3 Å². The summed E-state index contributed by atoms with van der Waals surface area (Å²) in [4.78, 5) is 0. The van der Waals surface area contributed by atoms with Gasteiger partial charge in [-0.1, -0.05) is 39.3 Å². The third kappa shape index (κ3) is 8.51. The molecule has 63 heavy (non-hydrogen) atoms. The Hall–Kier alpha value is -0.980. The molecule has 0 bridgehead atoms. The minimum atomic E-state index is -1.65. The lowest BCUT2D eigenvalue weighted by molar-refractivity contribution is -0.369. The minimum Gasteiger partial charge on any atom is -0.394 e. The van der Waals surface area contributed by atoms with Gasteiger partial charge < -0.3 is 89.3 Å². The highest BCUT2D eigenvalue weighted by atomic mass is 16.8. The van der Waals surface area contributed by atoms with Crippen molar-refractivity contribution in [1.82, 2.24) is 0 Å². The quantitative estimate of drug-likeness (QED) is 0.107. The molecule has 18 heteroatoms. The second-order valence-electron chi connectivity index (χ2n) is 21.0. The van der Waals surface area contributed by atoms with E-state index in [0.29, 0.717) is 43.4 Å². The molecule has 8 aliphatic rings. The average Bonchev–Trinajstić information content (AvgIpc) is 3.70. The molecule has 0 radical (unpaired) electrons. The van der Waals surface area contributed by atoms with Crippen LogP contribution >= 0.6 is 0 Å². The van der Waals surface area contributed by atoms with Crippen LogP contribution in [-0.4, -0.2) is 186 Å². The molecule has 0 amide bonds. The maximum absolute atomic E-state index is 12.0. The van der Waals surface area contributed by atoms with E-state index >= 15 is 0 Å². The zero-order chi connectivity index (χ0) is 45.5. The Kier molecular flexibility index (Phi) is 14.2. The maximum Gasteiger partial charge on any atom is 0.187 e. The summed E-state index contributed by atoms with van der Waals surface area (Å²) in [6.45, 7) is 9.43. The van der Waals surface area contributed by atoms with Gasteiger partial charge in [-0.3, -0.25) is 0 Å². The molecule has 8 rings (SSSR count). The second-order valence-corrected chi connectivity index (χ2v) is 21.0. The molecule has 7 fully saturated rings. The number of hydrogen-bond donors (Lipinski definition) is 11. The molecule has 0 aromatic heterocycles. The fraction of sp³-hybridized carbons (Fsp3) is 0.956. The van der Waals surface area contributed by atoms with Crippen molar-refractivity contribution in [2.45, 2.75) is 203 Å². The molecular formula is C45H74O18. The molecular weight excluding hydrogens is 828 g/mol. The smallest absolute Gasteiger partial charge is 0.187 e. The topological polar surface area (TPSA) is 287 Å². The zero-order valence-electron chi connectivity index (χ0n) is 37.1. The molecule has 3 saturated carbocycles. The Morgan fingerprint density at radius 3 is 2.10 bits per heavy atom. The predicted octanol–water partition coefficient (Wildman–Crippen LogP) is -0.831. The third-order valence-electron chi connectivity index (χ3n) is 17.4. The van der Waals surface area contributed by atoms with Crippen LogP contribution in [0.4, 0.5) is 0 Å². The molecule has 26 atom stereocenters. The second kappa shape index (κ2) is 18.5. The van der Waals surface area contributed by atoms with Gasteiger partial charge in [-0.05, 0) is 98.7 Å². The van der Waals surface area contributed by atoms with Crippen molar-refractivity contribution < 1.29 is 89.3 Å². The van der Waals surface area contributed by atoms with E-state index in [-0.39, 0.29) is 47.4 Å². The maximum atomic E-state index is 12.0. The zero-order valence-corrected chi connectivity index (χ0v) is 37.1. The van der Waals surface area contributed by atoms with Gasteiger partial charge in [0.2, 0.25) is 0 Å².